The van der Waals surface area contributed by atoms with E-state index in [2.05, 4.69) is 0 Å². The van der Waals surface area contributed by atoms with Crippen LogP contribution in [0, 0.1) is 23.7 Å². The second-order valence-corrected chi connectivity index (χ2v) is 5.18. The molecule has 0 atom stereocenters. The van der Waals surface area contributed by atoms with E-state index < -0.39 is 11.4 Å². The minimum atomic E-state index is -0.493. The third-order valence-electron chi connectivity index (χ3n) is 4.40. The summed E-state index contributed by atoms with van der Waals surface area (Å²) in [6.07, 6.45) is 5.62. The Morgan fingerprint density at radius 1 is 0.769 bits per heavy atom. The largest absolute Gasteiger partial charge is 0.101 e. The first-order chi connectivity index (χ1) is 6.24. The quantitative estimate of drug-likeness (QED) is 0.570. The smallest absolute Gasteiger partial charge is 0.0787 e. The topological polar surface area (TPSA) is 3.24 Å². The molecular formula is C10H15F2N. The molecule has 0 heterocycles. The molecule has 0 aromatic heterocycles. The zero-order valence-corrected chi connectivity index (χ0v) is 7.63. The van der Waals surface area contributed by atoms with Gasteiger partial charge in [-0.05, 0) is 55.8 Å². The van der Waals surface area contributed by atoms with Crippen LogP contribution in [0.4, 0.5) is 8.96 Å². The Morgan fingerprint density at radius 2 is 1.23 bits per heavy atom. The van der Waals surface area contributed by atoms with Crippen molar-refractivity contribution in [1.82, 2.24) is 5.34 Å². The highest BCUT2D eigenvalue weighted by atomic mass is 19.4. The predicted molar refractivity (Wildman–Crippen MR) is 44.9 cm³/mol. The van der Waals surface area contributed by atoms with Crippen molar-refractivity contribution < 1.29 is 8.96 Å². The first-order valence-corrected chi connectivity index (χ1v) is 5.35. The van der Waals surface area contributed by atoms with Crippen LogP contribution in [0.2, 0.25) is 0 Å². The lowest BCUT2D eigenvalue weighted by atomic mass is 9.54. The highest BCUT2D eigenvalue weighted by Crippen LogP contribution is 2.55. The molecule has 0 radical (unpaired) electrons. The highest BCUT2D eigenvalue weighted by Gasteiger charge is 2.51. The Bertz CT molecular complexity index is 189. The van der Waals surface area contributed by atoms with E-state index >= 15 is 0 Å². The Hall–Kier alpha value is -0.180. The average Bonchev–Trinajstić information content (AvgIpc) is 2.00. The third kappa shape index (κ3) is 1.13. The summed E-state index contributed by atoms with van der Waals surface area (Å²) in [4.78, 5) is 0. The van der Waals surface area contributed by atoms with Gasteiger partial charge in [0.25, 0.3) is 0 Å². The lowest BCUT2D eigenvalue weighted by Crippen LogP contribution is -2.52. The van der Waals surface area contributed by atoms with Gasteiger partial charge in [-0.2, -0.15) is 0 Å². The van der Waals surface area contributed by atoms with Crippen molar-refractivity contribution in [2.75, 3.05) is 0 Å². The third-order valence-corrected chi connectivity index (χ3v) is 4.40. The minimum absolute atomic E-state index is 0.311. The molecule has 4 rings (SSSR count). The van der Waals surface area contributed by atoms with E-state index in [1.54, 1.807) is 0 Å². The molecule has 3 heteroatoms. The van der Waals surface area contributed by atoms with Crippen LogP contribution in [0.15, 0.2) is 0 Å². The van der Waals surface area contributed by atoms with Crippen molar-refractivity contribution in [2.24, 2.45) is 23.7 Å². The maximum absolute atomic E-state index is 12.6. The lowest BCUT2D eigenvalue weighted by molar-refractivity contribution is -0.243. The monoisotopic (exact) mass is 187 g/mol. The summed E-state index contributed by atoms with van der Waals surface area (Å²) in [6.45, 7) is 0. The van der Waals surface area contributed by atoms with E-state index in [1.165, 1.54) is 6.42 Å². The molecule has 0 spiro atoms. The van der Waals surface area contributed by atoms with E-state index in [9.17, 15) is 8.96 Å². The Balaban J connectivity index is 1.85. The molecule has 1 nitrogen and oxygen atoms in total. The van der Waals surface area contributed by atoms with Crippen molar-refractivity contribution in [3.05, 3.63) is 0 Å². The van der Waals surface area contributed by atoms with Crippen molar-refractivity contribution in [3.8, 4) is 0 Å². The molecule has 4 bridgehead atoms. The van der Waals surface area contributed by atoms with Crippen molar-refractivity contribution >= 4 is 0 Å². The molecule has 0 N–H and O–H groups in total. The predicted octanol–water partition coefficient (Wildman–Crippen LogP) is 2.88. The van der Waals surface area contributed by atoms with Gasteiger partial charge in [-0.25, -0.2) is 0 Å². The fraction of sp³-hybridized carbons (Fsp3) is 1.00. The Morgan fingerprint density at radius 3 is 1.62 bits per heavy atom. The van der Waals surface area contributed by atoms with Crippen LogP contribution in [-0.2, 0) is 0 Å². The van der Waals surface area contributed by atoms with Crippen molar-refractivity contribution in [3.63, 3.8) is 0 Å². The molecule has 4 aliphatic carbocycles. The molecule has 0 amide bonds. The van der Waals surface area contributed by atoms with Crippen LogP contribution in [-0.4, -0.2) is 11.4 Å². The maximum atomic E-state index is 12.6. The van der Waals surface area contributed by atoms with E-state index in [-0.39, 0.29) is 0 Å². The zero-order chi connectivity index (χ0) is 9.00. The van der Waals surface area contributed by atoms with Gasteiger partial charge in [0.1, 0.15) is 0 Å². The minimum Gasteiger partial charge on any atom is -0.101 e. The number of nitrogens with zero attached hydrogens (tertiary/aromatic N) is 1. The fourth-order valence-electron chi connectivity index (χ4n) is 4.22. The summed E-state index contributed by atoms with van der Waals surface area (Å²) in [5, 5.41) is -0.493. The normalized spacial score (nSPS) is 53.3. The lowest BCUT2D eigenvalue weighted by Gasteiger charge is -2.53. The van der Waals surface area contributed by atoms with Gasteiger partial charge < -0.3 is 0 Å². The average molecular weight is 187 g/mol. The second kappa shape index (κ2) is 2.66. The maximum Gasteiger partial charge on any atom is 0.0787 e. The van der Waals surface area contributed by atoms with Gasteiger partial charge in [0, 0.05) is 5.34 Å². The SMILES string of the molecule is FN(F)C1C2CC3CC(C2)CC1C3. The molecule has 0 aliphatic heterocycles. The summed E-state index contributed by atoms with van der Waals surface area (Å²) in [6, 6.07) is -0.396. The first kappa shape index (κ1) is 8.16. The Kier molecular flexibility index (Phi) is 1.67. The molecular weight excluding hydrogens is 172 g/mol. The molecule has 0 unspecified atom stereocenters. The van der Waals surface area contributed by atoms with E-state index in [1.807, 2.05) is 0 Å². The van der Waals surface area contributed by atoms with Crippen molar-refractivity contribution in [2.45, 2.75) is 38.1 Å². The van der Waals surface area contributed by atoms with Gasteiger partial charge in [-0.1, -0.05) is 0 Å². The number of hydrogen-bond acceptors (Lipinski definition) is 1. The molecule has 4 saturated carbocycles. The molecule has 0 saturated heterocycles. The molecule has 4 fully saturated rings. The second-order valence-electron chi connectivity index (χ2n) is 5.18. The number of hydrogen-bond donors (Lipinski definition) is 0. The van der Waals surface area contributed by atoms with Gasteiger partial charge in [0.15, 0.2) is 0 Å². The molecule has 0 aromatic carbocycles. The van der Waals surface area contributed by atoms with Crippen LogP contribution < -0.4 is 0 Å². The molecule has 0 aromatic rings. The van der Waals surface area contributed by atoms with Crippen LogP contribution in [0.5, 0.6) is 0 Å². The first-order valence-electron chi connectivity index (χ1n) is 5.35. The summed E-state index contributed by atoms with van der Waals surface area (Å²) < 4.78 is 25.2. The molecule has 74 valence electrons. The number of halogens is 2. The van der Waals surface area contributed by atoms with Crippen LogP contribution in [0.25, 0.3) is 0 Å². The van der Waals surface area contributed by atoms with E-state index in [4.69, 9.17) is 0 Å². The van der Waals surface area contributed by atoms with E-state index in [0.29, 0.717) is 11.8 Å². The summed E-state index contributed by atoms with van der Waals surface area (Å²) in [5.41, 5.74) is 0. The molecule has 4 aliphatic rings. The number of rotatable bonds is 1. The van der Waals surface area contributed by atoms with Gasteiger partial charge in [-0.15, -0.1) is 8.96 Å². The van der Waals surface area contributed by atoms with Crippen LogP contribution >= 0.6 is 0 Å². The molecule has 13 heavy (non-hydrogen) atoms. The van der Waals surface area contributed by atoms with Gasteiger partial charge in [-0.3, -0.25) is 0 Å². The summed E-state index contributed by atoms with van der Waals surface area (Å²) >= 11 is 0. The summed E-state index contributed by atoms with van der Waals surface area (Å²) in [5.74, 6) is 2.20. The van der Waals surface area contributed by atoms with Crippen molar-refractivity contribution in [1.29, 1.82) is 0 Å². The van der Waals surface area contributed by atoms with Gasteiger partial charge >= 0.3 is 0 Å². The van der Waals surface area contributed by atoms with Gasteiger partial charge in [0.05, 0.1) is 6.04 Å². The zero-order valence-electron chi connectivity index (χ0n) is 7.63. The van der Waals surface area contributed by atoms with Crippen LogP contribution in [0.3, 0.4) is 0 Å². The summed E-state index contributed by atoms with van der Waals surface area (Å²) in [7, 11) is 0. The van der Waals surface area contributed by atoms with E-state index in [0.717, 1.165) is 37.5 Å². The fourth-order valence-corrected chi connectivity index (χ4v) is 4.22. The van der Waals surface area contributed by atoms with Gasteiger partial charge in [0.2, 0.25) is 0 Å². The standard InChI is InChI=1S/C10H15F2N/c11-13(12)10-8-2-6-1-7(4-8)5-9(10)3-6/h6-10H,1-5H2. The van der Waals surface area contributed by atoms with Crippen LogP contribution in [0.1, 0.15) is 32.1 Å². The Labute approximate surface area is 77.0 Å². The highest BCUT2D eigenvalue weighted by molar-refractivity contribution is 5.00.